The van der Waals surface area contributed by atoms with Crippen LogP contribution < -0.4 is 0 Å². The molecule has 0 radical (unpaired) electrons. The molecule has 138 valence electrons. The topological polar surface area (TPSA) is 69.2 Å². The number of fused-ring (bicyclic) bond motifs is 1. The summed E-state index contributed by atoms with van der Waals surface area (Å²) in [6, 6.07) is 12.0. The summed E-state index contributed by atoms with van der Waals surface area (Å²) in [5.41, 5.74) is 3.17. The van der Waals surface area contributed by atoms with Crippen molar-refractivity contribution < 1.29 is 9.90 Å². The minimum atomic E-state index is -0.351. The minimum absolute atomic E-state index is 0.112. The molecule has 4 rings (SSSR count). The molecule has 2 N–H and O–H groups in total. The third-order valence-electron chi connectivity index (χ3n) is 4.75. The average molecular weight is 402 g/mol. The number of aromatic amines is 1. The van der Waals surface area contributed by atoms with Crippen LogP contribution in [0.1, 0.15) is 41.0 Å². The summed E-state index contributed by atoms with van der Waals surface area (Å²) in [7, 11) is 0. The maximum atomic E-state index is 13.0. The van der Waals surface area contributed by atoms with E-state index in [-0.39, 0.29) is 17.7 Å². The zero-order valence-electron chi connectivity index (χ0n) is 14.5. The summed E-state index contributed by atoms with van der Waals surface area (Å²) >= 11 is 12.3. The summed E-state index contributed by atoms with van der Waals surface area (Å²) < 4.78 is 0. The molecule has 1 atom stereocenters. The van der Waals surface area contributed by atoms with Gasteiger partial charge in [0, 0.05) is 17.7 Å². The van der Waals surface area contributed by atoms with Crippen molar-refractivity contribution in [2.45, 2.75) is 19.4 Å². The Balaban J connectivity index is 1.93. The Hall–Kier alpha value is -2.50. The molecule has 3 aromatic rings. The van der Waals surface area contributed by atoms with Crippen LogP contribution in [-0.4, -0.2) is 32.7 Å². The van der Waals surface area contributed by atoms with Crippen molar-refractivity contribution in [3.8, 4) is 17.0 Å². The van der Waals surface area contributed by atoms with E-state index in [1.54, 1.807) is 35.2 Å². The van der Waals surface area contributed by atoms with Gasteiger partial charge in [0.05, 0.1) is 16.1 Å². The second kappa shape index (κ2) is 6.91. The number of carbonyl (C=O) groups excluding carboxylic acids is 1. The van der Waals surface area contributed by atoms with Crippen molar-refractivity contribution in [1.82, 2.24) is 15.1 Å². The number of halogens is 2. The van der Waals surface area contributed by atoms with Crippen molar-refractivity contribution in [1.29, 1.82) is 0 Å². The van der Waals surface area contributed by atoms with Crippen LogP contribution in [0.3, 0.4) is 0 Å². The predicted molar refractivity (Wildman–Crippen MR) is 105 cm³/mol. The maximum Gasteiger partial charge on any atom is 0.273 e. The Morgan fingerprint density at radius 2 is 1.96 bits per heavy atom. The van der Waals surface area contributed by atoms with Crippen molar-refractivity contribution >= 4 is 29.1 Å². The average Bonchev–Trinajstić information content (AvgIpc) is 3.18. The van der Waals surface area contributed by atoms with Crippen molar-refractivity contribution in [3.63, 3.8) is 0 Å². The number of aromatic nitrogens is 2. The van der Waals surface area contributed by atoms with Crippen LogP contribution in [0, 0.1) is 0 Å². The van der Waals surface area contributed by atoms with Gasteiger partial charge in [-0.2, -0.15) is 5.10 Å². The molecule has 0 saturated carbocycles. The van der Waals surface area contributed by atoms with E-state index in [1.165, 1.54) is 0 Å². The van der Waals surface area contributed by atoms with E-state index < -0.39 is 0 Å². The summed E-state index contributed by atoms with van der Waals surface area (Å²) in [5, 5.41) is 18.4. The molecule has 0 spiro atoms. The molecule has 0 bridgehead atoms. The van der Waals surface area contributed by atoms with Crippen molar-refractivity contribution in [2.75, 3.05) is 6.54 Å². The van der Waals surface area contributed by atoms with Gasteiger partial charge in [0.2, 0.25) is 0 Å². The fourth-order valence-corrected chi connectivity index (χ4v) is 3.88. The number of amides is 1. The Morgan fingerprint density at radius 3 is 2.67 bits per heavy atom. The Labute approximate surface area is 166 Å². The van der Waals surface area contributed by atoms with Crippen LogP contribution in [-0.2, 0) is 0 Å². The van der Waals surface area contributed by atoms with Gasteiger partial charge in [0.25, 0.3) is 5.91 Å². The first kappa shape index (κ1) is 17.9. The highest BCUT2D eigenvalue weighted by atomic mass is 35.5. The Bertz CT molecular complexity index is 1030. The molecule has 0 fully saturated rings. The number of phenols is 1. The van der Waals surface area contributed by atoms with Gasteiger partial charge in [-0.05, 0) is 36.2 Å². The van der Waals surface area contributed by atoms with Gasteiger partial charge in [-0.3, -0.25) is 9.89 Å². The van der Waals surface area contributed by atoms with Gasteiger partial charge >= 0.3 is 0 Å². The Kier molecular flexibility index (Phi) is 4.58. The van der Waals surface area contributed by atoms with E-state index in [4.69, 9.17) is 23.2 Å². The maximum absolute atomic E-state index is 13.0. The molecule has 1 amide bonds. The smallest absolute Gasteiger partial charge is 0.273 e. The van der Waals surface area contributed by atoms with Gasteiger partial charge in [-0.15, -0.1) is 0 Å². The molecule has 0 aliphatic carbocycles. The first-order valence-electron chi connectivity index (χ1n) is 8.65. The molecule has 2 heterocycles. The highest BCUT2D eigenvalue weighted by Crippen LogP contribution is 2.45. The lowest BCUT2D eigenvalue weighted by molar-refractivity contribution is 0.0744. The number of benzene rings is 2. The largest absolute Gasteiger partial charge is 0.507 e. The molecule has 1 aliphatic heterocycles. The molecule has 5 nitrogen and oxygen atoms in total. The first-order valence-corrected chi connectivity index (χ1v) is 9.41. The van der Waals surface area contributed by atoms with Crippen LogP contribution in [0.5, 0.6) is 5.75 Å². The molecule has 1 aromatic heterocycles. The minimum Gasteiger partial charge on any atom is -0.507 e. The Morgan fingerprint density at radius 1 is 1.19 bits per heavy atom. The van der Waals surface area contributed by atoms with Crippen molar-refractivity contribution in [2.24, 2.45) is 0 Å². The monoisotopic (exact) mass is 401 g/mol. The van der Waals surface area contributed by atoms with E-state index in [9.17, 15) is 9.90 Å². The lowest BCUT2D eigenvalue weighted by Gasteiger charge is -2.26. The fourth-order valence-electron chi connectivity index (χ4n) is 3.58. The number of rotatable bonds is 4. The number of aromatic hydroxyl groups is 1. The fraction of sp³-hybridized carbons (Fsp3) is 0.200. The second-order valence-electron chi connectivity index (χ2n) is 6.45. The number of nitrogens with one attached hydrogen (secondary N) is 1. The highest BCUT2D eigenvalue weighted by Gasteiger charge is 2.42. The van der Waals surface area contributed by atoms with Gasteiger partial charge < -0.3 is 10.0 Å². The van der Waals surface area contributed by atoms with Crippen LogP contribution in [0.4, 0.5) is 0 Å². The van der Waals surface area contributed by atoms with Crippen molar-refractivity contribution in [3.05, 3.63) is 69.3 Å². The highest BCUT2D eigenvalue weighted by molar-refractivity contribution is 6.42. The summed E-state index contributed by atoms with van der Waals surface area (Å²) in [6.45, 7) is 2.61. The number of hydrogen-bond donors (Lipinski definition) is 2. The number of H-pyrrole nitrogens is 1. The lowest BCUT2D eigenvalue weighted by atomic mass is 9.95. The zero-order chi connectivity index (χ0) is 19.1. The van der Waals surface area contributed by atoms with E-state index in [0.717, 1.165) is 17.5 Å². The van der Waals surface area contributed by atoms with Gasteiger partial charge in [0.1, 0.15) is 17.1 Å². The molecule has 0 saturated heterocycles. The van der Waals surface area contributed by atoms with Gasteiger partial charge in [-0.1, -0.05) is 48.3 Å². The third-order valence-corrected chi connectivity index (χ3v) is 5.49. The SMILES string of the molecule is CCCN1C(=O)c2[nH]nc(-c3ccccc3O)c2C1c1ccc(Cl)c(Cl)c1. The van der Waals surface area contributed by atoms with Gasteiger partial charge in [-0.25, -0.2) is 0 Å². The molecule has 1 aliphatic rings. The summed E-state index contributed by atoms with van der Waals surface area (Å²) in [4.78, 5) is 14.8. The normalized spacial score (nSPS) is 16.0. The van der Waals surface area contributed by atoms with Crippen LogP contribution in [0.25, 0.3) is 11.3 Å². The predicted octanol–water partition coefficient (Wildman–Crippen LogP) is 5.04. The van der Waals surface area contributed by atoms with E-state index in [0.29, 0.717) is 33.5 Å². The number of para-hydroxylation sites is 1. The third kappa shape index (κ3) is 2.87. The number of phenolic OH excluding ortho intramolecular Hbond substituents is 1. The van der Waals surface area contributed by atoms with E-state index in [1.807, 2.05) is 19.1 Å². The molecule has 27 heavy (non-hydrogen) atoms. The molecule has 2 aromatic carbocycles. The van der Waals surface area contributed by atoms with Gasteiger partial charge in [0.15, 0.2) is 0 Å². The van der Waals surface area contributed by atoms with E-state index >= 15 is 0 Å². The molecule has 1 unspecified atom stereocenters. The number of nitrogens with zero attached hydrogens (tertiary/aromatic N) is 2. The standard InChI is InChI=1S/C20H17Cl2N3O2/c1-2-9-25-19(11-7-8-13(21)14(22)10-11)16-17(23-24-18(16)20(25)27)12-5-3-4-6-15(12)26/h3-8,10,19,26H,2,9H2,1H3,(H,23,24). The summed E-state index contributed by atoms with van der Waals surface area (Å²) in [6.07, 6.45) is 0.813. The van der Waals surface area contributed by atoms with Crippen LogP contribution >= 0.6 is 23.2 Å². The zero-order valence-corrected chi connectivity index (χ0v) is 16.1. The number of hydrogen-bond acceptors (Lipinski definition) is 3. The van der Waals surface area contributed by atoms with Crippen LogP contribution in [0.15, 0.2) is 42.5 Å². The van der Waals surface area contributed by atoms with E-state index in [2.05, 4.69) is 10.2 Å². The first-order chi connectivity index (χ1) is 13.0. The molecule has 7 heteroatoms. The summed E-state index contributed by atoms with van der Waals surface area (Å²) in [5.74, 6) is -0.00169. The molecular formula is C20H17Cl2N3O2. The number of carbonyl (C=O) groups is 1. The molecular weight excluding hydrogens is 385 g/mol. The quantitative estimate of drug-likeness (QED) is 0.642. The lowest BCUT2D eigenvalue weighted by Crippen LogP contribution is -2.30. The van der Waals surface area contributed by atoms with Crippen LogP contribution in [0.2, 0.25) is 10.0 Å². The second-order valence-corrected chi connectivity index (χ2v) is 7.27.